The first-order chi connectivity index (χ1) is 27.3. The molecule has 3 atom stereocenters. The molecule has 2 saturated heterocycles. The zero-order chi connectivity index (χ0) is 38.9. The maximum atomic E-state index is 12.8. The van der Waals surface area contributed by atoms with E-state index in [9.17, 15) is 19.5 Å². The van der Waals surface area contributed by atoms with Gasteiger partial charge >= 0.3 is 5.69 Å². The minimum Gasteiger partial charge on any atom is -0.397 e. The van der Waals surface area contributed by atoms with Crippen LogP contribution in [-0.2, 0) is 32.2 Å². The van der Waals surface area contributed by atoms with Crippen molar-refractivity contribution in [3.63, 3.8) is 0 Å². The second-order valence-corrected chi connectivity index (χ2v) is 14.9. The van der Waals surface area contributed by atoms with Crippen molar-refractivity contribution in [3.8, 4) is 0 Å². The van der Waals surface area contributed by atoms with E-state index in [0.29, 0.717) is 50.0 Å². The molecule has 0 spiro atoms. The third kappa shape index (κ3) is 9.93. The minimum absolute atomic E-state index is 0.0141. The van der Waals surface area contributed by atoms with Crippen LogP contribution in [0.15, 0.2) is 102 Å². The number of likely N-dealkylation sites (tertiary alicyclic amines) is 1. The van der Waals surface area contributed by atoms with Crippen molar-refractivity contribution in [2.45, 2.75) is 89.1 Å². The third-order valence-corrected chi connectivity index (χ3v) is 10.9. The monoisotopic (exact) mass is 760 g/mol. The summed E-state index contributed by atoms with van der Waals surface area (Å²) in [4.78, 5) is 43.1. The maximum Gasteiger partial charge on any atom is 0.326 e. The largest absolute Gasteiger partial charge is 0.397 e. The van der Waals surface area contributed by atoms with Gasteiger partial charge in [0.1, 0.15) is 0 Å². The van der Waals surface area contributed by atoms with E-state index in [1.165, 1.54) is 0 Å². The third-order valence-electron chi connectivity index (χ3n) is 10.9. The molecule has 2 aliphatic heterocycles. The number of para-hydroxylation sites is 4. The second kappa shape index (κ2) is 18.6. The number of hydrogen-bond donors (Lipinski definition) is 5. The number of nitrogen functional groups attached to an aromatic ring is 1. The summed E-state index contributed by atoms with van der Waals surface area (Å²) >= 11 is 0. The number of carbonyl (C=O) groups is 2. The van der Waals surface area contributed by atoms with Crippen molar-refractivity contribution < 1.29 is 24.2 Å². The zero-order valence-corrected chi connectivity index (χ0v) is 31.7. The van der Waals surface area contributed by atoms with Crippen LogP contribution in [0.4, 0.5) is 11.4 Å². The second-order valence-electron chi connectivity index (χ2n) is 14.9. The lowest BCUT2D eigenvalue weighted by molar-refractivity contribution is -0.253. The molecule has 3 heterocycles. The van der Waals surface area contributed by atoms with Crippen molar-refractivity contribution >= 4 is 34.2 Å². The lowest BCUT2D eigenvalue weighted by Gasteiger charge is -2.40. The molecule has 5 aromatic rings. The van der Waals surface area contributed by atoms with Gasteiger partial charge in [0.2, 0.25) is 11.8 Å². The molecule has 0 radical (unpaired) electrons. The fourth-order valence-electron chi connectivity index (χ4n) is 7.77. The number of nitrogens with two attached hydrogens (primary N) is 1. The highest BCUT2D eigenvalue weighted by atomic mass is 16.7. The van der Waals surface area contributed by atoms with Crippen LogP contribution in [0, 0.1) is 0 Å². The molecule has 1 aromatic heterocycles. The number of unbranched alkanes of at least 4 members (excludes halogenated alkanes) is 2. The summed E-state index contributed by atoms with van der Waals surface area (Å²) in [5.74, 6) is -0.106. The van der Waals surface area contributed by atoms with E-state index < -0.39 is 6.29 Å². The summed E-state index contributed by atoms with van der Waals surface area (Å²) in [7, 11) is 0. The number of benzene rings is 4. The smallest absolute Gasteiger partial charge is 0.326 e. The Morgan fingerprint density at radius 3 is 2.23 bits per heavy atom. The number of fused-ring (bicyclic) bond motifs is 1. The average molecular weight is 761 g/mol. The molecule has 12 nitrogen and oxygen atoms in total. The van der Waals surface area contributed by atoms with Crippen LogP contribution in [-0.4, -0.2) is 57.1 Å². The normalized spacial score (nSPS) is 19.2. The summed E-state index contributed by atoms with van der Waals surface area (Å²) < 4.78 is 15.1. The molecular weight excluding hydrogens is 709 g/mol. The number of rotatable bonds is 15. The summed E-state index contributed by atoms with van der Waals surface area (Å²) in [5.41, 5.74) is 12.6. The van der Waals surface area contributed by atoms with Gasteiger partial charge in [0.05, 0.1) is 41.2 Å². The highest BCUT2D eigenvalue weighted by Gasteiger charge is 2.34. The van der Waals surface area contributed by atoms with Gasteiger partial charge in [0.15, 0.2) is 6.29 Å². The van der Waals surface area contributed by atoms with Crippen molar-refractivity contribution in [2.75, 3.05) is 30.7 Å². The molecule has 0 saturated carbocycles. The molecule has 0 bridgehead atoms. The SMILES string of the molecule is Nc1ccccc1NC(=O)CCCCCC(=O)NCc1ccc(C2OC(CN3CCC(n4c(=O)[nH]c5ccccc54)CC3)CC(c3ccc(CO)cc3)O2)cc1. The van der Waals surface area contributed by atoms with Crippen LogP contribution in [0.5, 0.6) is 0 Å². The minimum atomic E-state index is -0.575. The van der Waals surface area contributed by atoms with E-state index in [4.69, 9.17) is 15.2 Å². The molecule has 4 aromatic carbocycles. The summed E-state index contributed by atoms with van der Waals surface area (Å²) in [6, 6.07) is 31.1. The van der Waals surface area contributed by atoms with Crippen molar-refractivity contribution in [1.82, 2.24) is 19.8 Å². The van der Waals surface area contributed by atoms with Gasteiger partial charge in [-0.25, -0.2) is 4.79 Å². The fraction of sp³-hybridized carbons (Fsp3) is 0.386. The number of imidazole rings is 1. The number of H-pyrrole nitrogens is 1. The Labute approximate surface area is 327 Å². The lowest BCUT2D eigenvalue weighted by atomic mass is 9.98. The number of ether oxygens (including phenoxy) is 2. The number of aromatic amines is 1. The molecule has 0 aliphatic carbocycles. The molecule has 3 unspecified atom stereocenters. The molecular formula is C44H52N6O6. The van der Waals surface area contributed by atoms with Crippen molar-refractivity contribution in [1.29, 1.82) is 0 Å². The van der Waals surface area contributed by atoms with Crippen LogP contribution in [0.3, 0.4) is 0 Å². The topological polar surface area (TPSA) is 164 Å². The van der Waals surface area contributed by atoms with Crippen LogP contribution >= 0.6 is 0 Å². The number of aromatic nitrogens is 2. The Morgan fingerprint density at radius 2 is 1.48 bits per heavy atom. The number of aliphatic hydroxyl groups excluding tert-OH is 1. The van der Waals surface area contributed by atoms with E-state index >= 15 is 0 Å². The van der Waals surface area contributed by atoms with E-state index in [2.05, 4.69) is 20.5 Å². The van der Waals surface area contributed by atoms with Crippen LogP contribution in [0.1, 0.15) is 92.1 Å². The summed E-state index contributed by atoms with van der Waals surface area (Å²) in [5, 5.41) is 15.4. The van der Waals surface area contributed by atoms with E-state index in [1.807, 2.05) is 89.5 Å². The number of carbonyl (C=O) groups excluding carboxylic acids is 2. The first-order valence-electron chi connectivity index (χ1n) is 19.7. The number of nitrogens with zero attached hydrogens (tertiary/aromatic N) is 2. The Morgan fingerprint density at radius 1 is 0.804 bits per heavy atom. The van der Waals surface area contributed by atoms with Crippen LogP contribution in [0.25, 0.3) is 11.0 Å². The standard InChI is InChI=1S/C44H52N6O6/c45-36-8-4-5-9-37(36)47-42(53)13-3-1-2-12-41(52)46-27-30-14-20-33(21-15-30)43-55-35(26-40(56-43)32-18-16-31(29-51)17-19-32)28-49-24-22-34(23-25-49)50-39-11-7-6-10-38(39)48-44(50)54/h4-11,14-21,34-35,40,43,51H,1-3,12-13,22-29,45H2,(H,46,52)(H,47,53)(H,48,54). The molecule has 2 fully saturated rings. The van der Waals surface area contributed by atoms with Gasteiger partial charge < -0.3 is 40.8 Å². The van der Waals surface area contributed by atoms with Gasteiger partial charge in [-0.15, -0.1) is 0 Å². The molecule has 6 N–H and O–H groups in total. The molecule has 12 heteroatoms. The van der Waals surface area contributed by atoms with E-state index in [1.54, 1.807) is 12.1 Å². The van der Waals surface area contributed by atoms with Gasteiger partial charge in [-0.3, -0.25) is 14.2 Å². The number of amides is 2. The molecule has 7 rings (SSSR count). The molecule has 56 heavy (non-hydrogen) atoms. The van der Waals surface area contributed by atoms with Gasteiger partial charge in [0.25, 0.3) is 0 Å². The van der Waals surface area contributed by atoms with Crippen molar-refractivity contribution in [2.24, 2.45) is 0 Å². The van der Waals surface area contributed by atoms with Crippen molar-refractivity contribution in [3.05, 3.63) is 130 Å². The molecule has 294 valence electrons. The van der Waals surface area contributed by atoms with Gasteiger partial charge in [0, 0.05) is 57.0 Å². The summed E-state index contributed by atoms with van der Waals surface area (Å²) in [6.07, 6.45) is 4.55. The highest BCUT2D eigenvalue weighted by molar-refractivity contribution is 5.93. The quantitative estimate of drug-likeness (QED) is 0.0597. The van der Waals surface area contributed by atoms with E-state index in [0.717, 1.165) is 72.2 Å². The van der Waals surface area contributed by atoms with Gasteiger partial charge in [-0.1, -0.05) is 79.2 Å². The van der Waals surface area contributed by atoms with Crippen LogP contribution in [0.2, 0.25) is 0 Å². The average Bonchev–Trinajstić information content (AvgIpc) is 3.56. The predicted octanol–water partition coefficient (Wildman–Crippen LogP) is 6.49. The maximum absolute atomic E-state index is 12.8. The number of aliphatic hydroxyl groups is 1. The Hall–Kier alpha value is -5.27. The fourth-order valence-corrected chi connectivity index (χ4v) is 7.77. The van der Waals surface area contributed by atoms with E-state index in [-0.39, 0.29) is 42.4 Å². The van der Waals surface area contributed by atoms with Crippen LogP contribution < -0.4 is 22.1 Å². The first-order valence-corrected chi connectivity index (χ1v) is 19.7. The Kier molecular flexibility index (Phi) is 12.9. The highest BCUT2D eigenvalue weighted by Crippen LogP contribution is 2.39. The number of anilines is 2. The number of piperidine rings is 1. The zero-order valence-electron chi connectivity index (χ0n) is 31.7. The number of nitrogens with one attached hydrogen (secondary N) is 3. The first kappa shape index (κ1) is 39.0. The van der Waals surface area contributed by atoms with Gasteiger partial charge in [-0.2, -0.15) is 0 Å². The molecule has 2 aliphatic rings. The van der Waals surface area contributed by atoms with Gasteiger partial charge in [-0.05, 0) is 66.6 Å². The molecule has 2 amide bonds. The number of hydrogen-bond acceptors (Lipinski definition) is 8. The Bertz CT molecular complexity index is 2120. The summed E-state index contributed by atoms with van der Waals surface area (Å²) in [6.45, 7) is 2.87. The lowest BCUT2D eigenvalue weighted by Crippen LogP contribution is -2.43. The predicted molar refractivity (Wildman–Crippen MR) is 217 cm³/mol. The Balaban J connectivity index is 0.898.